The van der Waals surface area contributed by atoms with E-state index in [-0.39, 0.29) is 5.97 Å². The van der Waals surface area contributed by atoms with Crippen LogP contribution in [-0.4, -0.2) is 5.97 Å². The molecule has 0 saturated heterocycles. The van der Waals surface area contributed by atoms with Gasteiger partial charge in [-0.1, -0.05) is 13.0 Å². The molecular weight excluding hydrogens is 176 g/mol. The minimum absolute atomic E-state index is 0.267. The first-order valence-corrected chi connectivity index (χ1v) is 4.83. The van der Waals surface area contributed by atoms with E-state index >= 15 is 0 Å². The van der Waals surface area contributed by atoms with Crippen molar-refractivity contribution in [3.8, 4) is 5.75 Å². The van der Waals surface area contributed by atoms with E-state index in [0.717, 1.165) is 12.0 Å². The first-order valence-electron chi connectivity index (χ1n) is 4.83. The molecule has 0 bridgehead atoms. The molecule has 1 aromatic rings. The van der Waals surface area contributed by atoms with Crippen LogP contribution in [0.15, 0.2) is 12.1 Å². The number of hydrogen-bond donors (Lipinski definition) is 0. The van der Waals surface area contributed by atoms with Gasteiger partial charge in [0.15, 0.2) is 0 Å². The summed E-state index contributed by atoms with van der Waals surface area (Å²) < 4.78 is 5.09. The molecule has 0 atom stereocenters. The molecule has 0 saturated carbocycles. The number of aryl methyl sites for hydroxylation is 1. The largest absolute Gasteiger partial charge is 0.426 e. The zero-order valence-electron chi connectivity index (χ0n) is 9.18. The van der Waals surface area contributed by atoms with E-state index in [4.69, 9.17) is 4.74 Å². The van der Waals surface area contributed by atoms with E-state index in [1.807, 2.05) is 19.1 Å². The first kappa shape index (κ1) is 10.8. The summed E-state index contributed by atoms with van der Waals surface area (Å²) >= 11 is 0. The van der Waals surface area contributed by atoms with Gasteiger partial charge in [-0.05, 0) is 43.0 Å². The Morgan fingerprint density at radius 1 is 1.29 bits per heavy atom. The molecule has 1 aromatic carbocycles. The molecule has 76 valence electrons. The Bertz CT molecular complexity index is 354. The standard InChI is InChI=1S/C12H16O2/c1-5-11-6-7-12(14-10(4)13)9(3)8(11)2/h6-7H,5H2,1-4H3. The van der Waals surface area contributed by atoms with E-state index in [9.17, 15) is 4.79 Å². The smallest absolute Gasteiger partial charge is 0.308 e. The summed E-state index contributed by atoms with van der Waals surface area (Å²) in [6.07, 6.45) is 1.01. The Labute approximate surface area is 84.9 Å². The molecule has 0 spiro atoms. The van der Waals surface area contributed by atoms with Gasteiger partial charge in [0.1, 0.15) is 5.75 Å². The second kappa shape index (κ2) is 4.27. The number of benzene rings is 1. The van der Waals surface area contributed by atoms with E-state index in [2.05, 4.69) is 13.8 Å². The van der Waals surface area contributed by atoms with Crippen molar-refractivity contribution < 1.29 is 9.53 Å². The average molecular weight is 192 g/mol. The van der Waals surface area contributed by atoms with Gasteiger partial charge in [-0.3, -0.25) is 4.79 Å². The predicted octanol–water partition coefficient (Wildman–Crippen LogP) is 2.79. The molecule has 2 nitrogen and oxygen atoms in total. The lowest BCUT2D eigenvalue weighted by atomic mass is 10.0. The third kappa shape index (κ3) is 2.13. The van der Waals surface area contributed by atoms with Crippen LogP contribution >= 0.6 is 0 Å². The Kier molecular flexibility index (Phi) is 3.28. The van der Waals surface area contributed by atoms with Crippen LogP contribution in [0.4, 0.5) is 0 Å². The minimum Gasteiger partial charge on any atom is -0.426 e. The summed E-state index contributed by atoms with van der Waals surface area (Å²) in [6, 6.07) is 3.88. The van der Waals surface area contributed by atoms with Crippen LogP contribution in [-0.2, 0) is 11.2 Å². The maximum absolute atomic E-state index is 10.8. The quantitative estimate of drug-likeness (QED) is 0.532. The summed E-state index contributed by atoms with van der Waals surface area (Å²) in [5.41, 5.74) is 3.57. The highest BCUT2D eigenvalue weighted by atomic mass is 16.5. The summed E-state index contributed by atoms with van der Waals surface area (Å²) in [5, 5.41) is 0. The van der Waals surface area contributed by atoms with E-state index in [0.29, 0.717) is 5.75 Å². The Hall–Kier alpha value is -1.31. The molecule has 0 fully saturated rings. The highest BCUT2D eigenvalue weighted by molar-refractivity contribution is 5.70. The maximum atomic E-state index is 10.8. The molecule has 0 heterocycles. The maximum Gasteiger partial charge on any atom is 0.308 e. The third-order valence-electron chi connectivity index (χ3n) is 2.48. The van der Waals surface area contributed by atoms with Crippen LogP contribution in [0.5, 0.6) is 5.75 Å². The summed E-state index contributed by atoms with van der Waals surface area (Å²) in [4.78, 5) is 10.8. The molecule has 0 amide bonds. The molecule has 0 aromatic heterocycles. The fourth-order valence-electron chi connectivity index (χ4n) is 1.50. The molecule has 0 unspecified atom stereocenters. The molecule has 0 aliphatic carbocycles. The lowest BCUT2D eigenvalue weighted by Crippen LogP contribution is -2.04. The third-order valence-corrected chi connectivity index (χ3v) is 2.48. The van der Waals surface area contributed by atoms with Gasteiger partial charge >= 0.3 is 5.97 Å². The molecule has 1 rings (SSSR count). The van der Waals surface area contributed by atoms with Gasteiger partial charge < -0.3 is 4.74 Å². The summed E-state index contributed by atoms with van der Waals surface area (Å²) in [6.45, 7) is 7.57. The van der Waals surface area contributed by atoms with Crippen LogP contribution < -0.4 is 4.74 Å². The van der Waals surface area contributed by atoms with Crippen molar-refractivity contribution in [1.82, 2.24) is 0 Å². The predicted molar refractivity (Wildman–Crippen MR) is 56.6 cm³/mol. The van der Waals surface area contributed by atoms with Crippen molar-refractivity contribution >= 4 is 5.97 Å². The van der Waals surface area contributed by atoms with Crippen LogP contribution in [0.2, 0.25) is 0 Å². The second-order valence-electron chi connectivity index (χ2n) is 3.42. The van der Waals surface area contributed by atoms with Crippen LogP contribution in [0.1, 0.15) is 30.5 Å². The first-order chi connectivity index (χ1) is 6.56. The van der Waals surface area contributed by atoms with Crippen LogP contribution in [0.25, 0.3) is 0 Å². The Balaban J connectivity index is 3.10. The number of carbonyl (C=O) groups is 1. The summed E-state index contributed by atoms with van der Waals surface area (Å²) in [7, 11) is 0. The Morgan fingerprint density at radius 2 is 1.93 bits per heavy atom. The van der Waals surface area contributed by atoms with Gasteiger partial charge in [-0.15, -0.1) is 0 Å². The number of ether oxygens (including phenoxy) is 1. The van der Waals surface area contributed by atoms with Gasteiger partial charge in [0.2, 0.25) is 0 Å². The van der Waals surface area contributed by atoms with Gasteiger partial charge in [0, 0.05) is 6.92 Å². The molecule has 0 aliphatic rings. The van der Waals surface area contributed by atoms with E-state index in [1.54, 1.807) is 0 Å². The second-order valence-corrected chi connectivity index (χ2v) is 3.42. The molecular formula is C12H16O2. The molecule has 0 N–H and O–H groups in total. The SMILES string of the molecule is CCc1ccc(OC(C)=O)c(C)c1C. The van der Waals surface area contributed by atoms with Crippen molar-refractivity contribution in [3.63, 3.8) is 0 Å². The van der Waals surface area contributed by atoms with Gasteiger partial charge in [-0.25, -0.2) is 0 Å². The number of carbonyl (C=O) groups excluding carboxylic acids is 1. The average Bonchev–Trinajstić information content (AvgIpc) is 2.13. The minimum atomic E-state index is -0.267. The van der Waals surface area contributed by atoms with Crippen molar-refractivity contribution in [1.29, 1.82) is 0 Å². The molecule has 0 radical (unpaired) electrons. The monoisotopic (exact) mass is 192 g/mol. The van der Waals surface area contributed by atoms with E-state index in [1.165, 1.54) is 18.1 Å². The van der Waals surface area contributed by atoms with Crippen molar-refractivity contribution in [2.45, 2.75) is 34.1 Å². The number of esters is 1. The highest BCUT2D eigenvalue weighted by Gasteiger charge is 2.07. The number of hydrogen-bond acceptors (Lipinski definition) is 2. The van der Waals surface area contributed by atoms with Crippen molar-refractivity contribution in [2.24, 2.45) is 0 Å². The molecule has 2 heteroatoms. The molecule has 0 aliphatic heterocycles. The fraction of sp³-hybridized carbons (Fsp3) is 0.417. The lowest BCUT2D eigenvalue weighted by Gasteiger charge is -2.11. The van der Waals surface area contributed by atoms with Gasteiger partial charge in [0.05, 0.1) is 0 Å². The normalized spacial score (nSPS) is 10.0. The van der Waals surface area contributed by atoms with Gasteiger partial charge in [-0.2, -0.15) is 0 Å². The zero-order chi connectivity index (χ0) is 10.7. The van der Waals surface area contributed by atoms with Crippen LogP contribution in [0.3, 0.4) is 0 Å². The van der Waals surface area contributed by atoms with Crippen LogP contribution in [0, 0.1) is 13.8 Å². The fourth-order valence-corrected chi connectivity index (χ4v) is 1.50. The Morgan fingerprint density at radius 3 is 2.43 bits per heavy atom. The zero-order valence-corrected chi connectivity index (χ0v) is 9.18. The van der Waals surface area contributed by atoms with E-state index < -0.39 is 0 Å². The van der Waals surface area contributed by atoms with Crippen molar-refractivity contribution in [3.05, 3.63) is 28.8 Å². The summed E-state index contributed by atoms with van der Waals surface area (Å²) in [5.74, 6) is 0.406. The number of rotatable bonds is 2. The van der Waals surface area contributed by atoms with Gasteiger partial charge in [0.25, 0.3) is 0 Å². The molecule has 14 heavy (non-hydrogen) atoms. The lowest BCUT2D eigenvalue weighted by molar-refractivity contribution is -0.131. The van der Waals surface area contributed by atoms with Crippen molar-refractivity contribution in [2.75, 3.05) is 0 Å². The highest BCUT2D eigenvalue weighted by Crippen LogP contribution is 2.24. The topological polar surface area (TPSA) is 26.3 Å².